The zero-order chi connectivity index (χ0) is 18.9. The predicted molar refractivity (Wildman–Crippen MR) is 103 cm³/mol. The average molecular weight is 370 g/mol. The molecule has 1 fully saturated rings. The maximum atomic E-state index is 12.6. The van der Waals surface area contributed by atoms with Crippen molar-refractivity contribution >= 4 is 11.7 Å². The highest BCUT2D eigenvalue weighted by molar-refractivity contribution is 5.92. The number of amides is 1. The van der Waals surface area contributed by atoms with E-state index in [4.69, 9.17) is 4.74 Å². The standard InChI is InChI=1S/C19H26N6O2/c1-24(8-4-16-2-5-20-6-3-16)19(26)17-14-18(23-15-22-17)21-7-9-25-10-12-27-13-11-25/h2-3,5-6,14-15H,4,7-13H2,1H3,(H,21,22,23). The van der Waals surface area contributed by atoms with Crippen LogP contribution in [-0.2, 0) is 11.2 Å². The Labute approximate surface area is 159 Å². The highest BCUT2D eigenvalue weighted by atomic mass is 16.5. The van der Waals surface area contributed by atoms with Gasteiger partial charge in [0.2, 0.25) is 0 Å². The summed E-state index contributed by atoms with van der Waals surface area (Å²) in [6.07, 6.45) is 5.73. The van der Waals surface area contributed by atoms with Crippen LogP contribution in [0.5, 0.6) is 0 Å². The van der Waals surface area contributed by atoms with E-state index in [1.165, 1.54) is 6.33 Å². The number of aromatic nitrogens is 3. The Morgan fingerprint density at radius 1 is 1.26 bits per heavy atom. The van der Waals surface area contributed by atoms with Crippen LogP contribution in [0.4, 0.5) is 5.82 Å². The molecule has 1 saturated heterocycles. The molecule has 1 amide bonds. The molecule has 0 aromatic carbocycles. The molecule has 8 heteroatoms. The molecular formula is C19H26N6O2. The number of morpholine rings is 1. The van der Waals surface area contributed by atoms with Crippen LogP contribution in [0.15, 0.2) is 36.9 Å². The second kappa shape index (κ2) is 9.94. The highest BCUT2D eigenvalue weighted by Crippen LogP contribution is 2.08. The lowest BCUT2D eigenvalue weighted by Crippen LogP contribution is -2.39. The third-order valence-corrected chi connectivity index (χ3v) is 4.56. The molecule has 1 aliphatic rings. The van der Waals surface area contributed by atoms with Gasteiger partial charge in [0.1, 0.15) is 17.8 Å². The second-order valence-electron chi connectivity index (χ2n) is 6.50. The normalized spacial score (nSPS) is 14.7. The van der Waals surface area contributed by atoms with Crippen molar-refractivity contribution in [3.63, 3.8) is 0 Å². The first-order valence-corrected chi connectivity index (χ1v) is 9.23. The Balaban J connectivity index is 1.48. The first kappa shape index (κ1) is 19.2. The number of nitrogens with zero attached hydrogens (tertiary/aromatic N) is 5. The van der Waals surface area contributed by atoms with Crippen molar-refractivity contribution in [2.75, 3.05) is 58.3 Å². The average Bonchev–Trinajstić information content (AvgIpc) is 2.73. The maximum absolute atomic E-state index is 12.6. The number of carbonyl (C=O) groups is 1. The van der Waals surface area contributed by atoms with Gasteiger partial charge in [-0.25, -0.2) is 9.97 Å². The summed E-state index contributed by atoms with van der Waals surface area (Å²) in [5, 5.41) is 3.27. The summed E-state index contributed by atoms with van der Waals surface area (Å²) < 4.78 is 5.35. The van der Waals surface area contributed by atoms with Gasteiger partial charge in [0.25, 0.3) is 5.91 Å². The summed E-state index contributed by atoms with van der Waals surface area (Å²) in [6.45, 7) is 5.79. The van der Waals surface area contributed by atoms with Crippen LogP contribution >= 0.6 is 0 Å². The Hall–Kier alpha value is -2.58. The summed E-state index contributed by atoms with van der Waals surface area (Å²) in [5.74, 6) is 0.562. The first-order chi connectivity index (χ1) is 13.2. The van der Waals surface area contributed by atoms with Crippen LogP contribution in [0.25, 0.3) is 0 Å². The van der Waals surface area contributed by atoms with Crippen molar-refractivity contribution in [2.45, 2.75) is 6.42 Å². The molecule has 1 aliphatic heterocycles. The van der Waals surface area contributed by atoms with Crippen molar-refractivity contribution in [2.24, 2.45) is 0 Å². The van der Waals surface area contributed by atoms with Gasteiger partial charge in [-0.05, 0) is 24.1 Å². The van der Waals surface area contributed by atoms with Gasteiger partial charge in [0.05, 0.1) is 13.2 Å². The lowest BCUT2D eigenvalue weighted by atomic mass is 10.2. The Morgan fingerprint density at radius 2 is 2.04 bits per heavy atom. The SMILES string of the molecule is CN(CCc1ccncc1)C(=O)c1cc(NCCN2CCOCC2)ncn1. The number of carbonyl (C=O) groups excluding carboxylic acids is 1. The molecule has 0 atom stereocenters. The van der Waals surface area contributed by atoms with Gasteiger partial charge >= 0.3 is 0 Å². The number of likely N-dealkylation sites (N-methyl/N-ethyl adjacent to an activating group) is 1. The summed E-state index contributed by atoms with van der Waals surface area (Å²) in [4.78, 5) is 29.0. The smallest absolute Gasteiger partial charge is 0.272 e. The van der Waals surface area contributed by atoms with Gasteiger partial charge in [0, 0.05) is 58.2 Å². The van der Waals surface area contributed by atoms with E-state index in [9.17, 15) is 4.79 Å². The van der Waals surface area contributed by atoms with E-state index in [0.717, 1.165) is 51.4 Å². The van der Waals surface area contributed by atoms with Gasteiger partial charge < -0.3 is 15.0 Å². The number of hydrogen-bond acceptors (Lipinski definition) is 7. The number of rotatable bonds is 8. The second-order valence-corrected chi connectivity index (χ2v) is 6.50. The summed E-state index contributed by atoms with van der Waals surface area (Å²) in [6, 6.07) is 5.63. The number of nitrogens with one attached hydrogen (secondary N) is 1. The number of hydrogen-bond donors (Lipinski definition) is 1. The molecule has 0 bridgehead atoms. The van der Waals surface area contributed by atoms with Crippen LogP contribution < -0.4 is 5.32 Å². The minimum Gasteiger partial charge on any atom is -0.379 e. The van der Waals surface area contributed by atoms with Crippen molar-refractivity contribution in [1.29, 1.82) is 0 Å². The fraction of sp³-hybridized carbons (Fsp3) is 0.474. The van der Waals surface area contributed by atoms with E-state index in [1.54, 1.807) is 30.4 Å². The molecule has 0 unspecified atom stereocenters. The number of anilines is 1. The van der Waals surface area contributed by atoms with Crippen LogP contribution in [-0.4, -0.2) is 83.6 Å². The quantitative estimate of drug-likeness (QED) is 0.740. The largest absolute Gasteiger partial charge is 0.379 e. The monoisotopic (exact) mass is 370 g/mol. The Morgan fingerprint density at radius 3 is 2.81 bits per heavy atom. The minimum absolute atomic E-state index is 0.109. The van der Waals surface area contributed by atoms with Gasteiger partial charge in [-0.2, -0.15) is 0 Å². The van der Waals surface area contributed by atoms with Gasteiger partial charge in [0.15, 0.2) is 0 Å². The van der Waals surface area contributed by atoms with Crippen molar-refractivity contribution in [3.05, 3.63) is 48.2 Å². The van der Waals surface area contributed by atoms with E-state index in [1.807, 2.05) is 12.1 Å². The minimum atomic E-state index is -0.109. The molecule has 0 radical (unpaired) electrons. The van der Waals surface area contributed by atoms with Crippen molar-refractivity contribution in [1.82, 2.24) is 24.8 Å². The van der Waals surface area contributed by atoms with Crippen LogP contribution in [0.2, 0.25) is 0 Å². The van der Waals surface area contributed by atoms with E-state index in [0.29, 0.717) is 18.1 Å². The molecule has 27 heavy (non-hydrogen) atoms. The molecule has 0 saturated carbocycles. The third-order valence-electron chi connectivity index (χ3n) is 4.56. The summed E-state index contributed by atoms with van der Waals surface area (Å²) >= 11 is 0. The number of pyridine rings is 1. The van der Waals surface area contributed by atoms with Crippen LogP contribution in [0.3, 0.4) is 0 Å². The molecule has 3 heterocycles. The van der Waals surface area contributed by atoms with E-state index < -0.39 is 0 Å². The van der Waals surface area contributed by atoms with Crippen molar-refractivity contribution in [3.8, 4) is 0 Å². The van der Waals surface area contributed by atoms with Crippen molar-refractivity contribution < 1.29 is 9.53 Å². The van der Waals surface area contributed by atoms with E-state index >= 15 is 0 Å². The van der Waals surface area contributed by atoms with Crippen LogP contribution in [0.1, 0.15) is 16.1 Å². The van der Waals surface area contributed by atoms with E-state index in [-0.39, 0.29) is 5.91 Å². The molecule has 0 spiro atoms. The fourth-order valence-electron chi connectivity index (χ4n) is 2.88. The Kier molecular flexibility index (Phi) is 7.06. The molecule has 1 N–H and O–H groups in total. The lowest BCUT2D eigenvalue weighted by Gasteiger charge is -2.26. The number of ether oxygens (including phenoxy) is 1. The molecule has 2 aromatic heterocycles. The molecule has 2 aromatic rings. The van der Waals surface area contributed by atoms with Gasteiger partial charge in [-0.15, -0.1) is 0 Å². The summed E-state index contributed by atoms with van der Waals surface area (Å²) in [7, 11) is 1.79. The first-order valence-electron chi connectivity index (χ1n) is 9.23. The van der Waals surface area contributed by atoms with E-state index in [2.05, 4.69) is 25.2 Å². The van der Waals surface area contributed by atoms with Gasteiger partial charge in [-0.3, -0.25) is 14.7 Å². The lowest BCUT2D eigenvalue weighted by molar-refractivity contribution is 0.0398. The topological polar surface area (TPSA) is 83.5 Å². The third kappa shape index (κ3) is 5.97. The Bertz CT molecular complexity index is 721. The zero-order valence-electron chi connectivity index (χ0n) is 15.7. The zero-order valence-corrected chi connectivity index (χ0v) is 15.7. The van der Waals surface area contributed by atoms with Crippen LogP contribution in [0, 0.1) is 0 Å². The highest BCUT2D eigenvalue weighted by Gasteiger charge is 2.14. The summed E-state index contributed by atoms with van der Waals surface area (Å²) in [5.41, 5.74) is 1.55. The molecule has 8 nitrogen and oxygen atoms in total. The molecule has 0 aliphatic carbocycles. The predicted octanol–water partition coefficient (Wildman–Crippen LogP) is 0.930. The fourth-order valence-corrected chi connectivity index (χ4v) is 2.88. The molecule has 3 rings (SSSR count). The molecule has 144 valence electrons. The van der Waals surface area contributed by atoms with Gasteiger partial charge in [-0.1, -0.05) is 0 Å². The molecular weight excluding hydrogens is 344 g/mol. The maximum Gasteiger partial charge on any atom is 0.272 e.